The first kappa shape index (κ1) is 19.7. The van der Waals surface area contributed by atoms with E-state index in [1.54, 1.807) is 12.1 Å². The molecule has 0 bridgehead atoms. The number of nitrogens with zero attached hydrogens (tertiary/aromatic N) is 1. The summed E-state index contributed by atoms with van der Waals surface area (Å²) in [6.07, 6.45) is 4.68. The van der Waals surface area contributed by atoms with E-state index >= 15 is 0 Å². The van der Waals surface area contributed by atoms with Crippen molar-refractivity contribution in [2.24, 2.45) is 11.7 Å². The van der Waals surface area contributed by atoms with Gasteiger partial charge in [-0.15, -0.1) is 0 Å². The normalized spacial score (nSPS) is 27.2. The fourth-order valence-corrected chi connectivity index (χ4v) is 4.44. The molecule has 1 aliphatic carbocycles. The van der Waals surface area contributed by atoms with Crippen molar-refractivity contribution < 1.29 is 19.2 Å². The Kier molecular flexibility index (Phi) is 5.47. The molecule has 8 heteroatoms. The van der Waals surface area contributed by atoms with Gasteiger partial charge in [0, 0.05) is 19.0 Å². The van der Waals surface area contributed by atoms with Crippen LogP contribution in [0, 0.1) is 5.92 Å². The highest BCUT2D eigenvalue weighted by Gasteiger charge is 2.44. The van der Waals surface area contributed by atoms with E-state index in [0.29, 0.717) is 29.6 Å². The van der Waals surface area contributed by atoms with Crippen LogP contribution in [0.3, 0.4) is 0 Å². The molecule has 8 nitrogen and oxygen atoms in total. The number of benzene rings is 1. The first-order chi connectivity index (χ1) is 13.9. The van der Waals surface area contributed by atoms with Crippen LogP contribution in [-0.2, 0) is 16.1 Å². The first-order valence-electron chi connectivity index (χ1n) is 10.2. The number of rotatable bonds is 5. The minimum atomic E-state index is -0.931. The van der Waals surface area contributed by atoms with Crippen LogP contribution in [-0.4, -0.2) is 47.2 Å². The van der Waals surface area contributed by atoms with Crippen molar-refractivity contribution in [3.63, 3.8) is 0 Å². The number of imide groups is 2. The van der Waals surface area contributed by atoms with Gasteiger partial charge in [0.25, 0.3) is 11.8 Å². The van der Waals surface area contributed by atoms with E-state index in [2.05, 4.69) is 10.6 Å². The zero-order valence-corrected chi connectivity index (χ0v) is 16.3. The second kappa shape index (κ2) is 8.04. The number of nitrogens with one attached hydrogen (secondary N) is 2. The Bertz CT molecular complexity index is 860. The molecular weight excluding hydrogens is 372 g/mol. The van der Waals surface area contributed by atoms with Crippen LogP contribution in [0.15, 0.2) is 18.2 Å². The minimum Gasteiger partial charge on any atom is -0.328 e. The predicted molar refractivity (Wildman–Crippen MR) is 105 cm³/mol. The van der Waals surface area contributed by atoms with Gasteiger partial charge >= 0.3 is 0 Å². The molecule has 2 fully saturated rings. The van der Waals surface area contributed by atoms with Gasteiger partial charge in [-0.3, -0.25) is 29.4 Å². The Morgan fingerprint density at radius 3 is 2.45 bits per heavy atom. The third-order valence-electron chi connectivity index (χ3n) is 6.16. The summed E-state index contributed by atoms with van der Waals surface area (Å²) in [5, 5.41) is 5.64. The molecule has 3 aliphatic rings. The van der Waals surface area contributed by atoms with Crippen LogP contribution >= 0.6 is 0 Å². The van der Waals surface area contributed by atoms with Crippen molar-refractivity contribution in [2.45, 2.75) is 57.2 Å². The number of amides is 4. The molecule has 2 aliphatic heterocycles. The Balaban J connectivity index is 1.40. The van der Waals surface area contributed by atoms with Gasteiger partial charge in [-0.2, -0.15) is 0 Å². The van der Waals surface area contributed by atoms with E-state index in [1.165, 1.54) is 0 Å². The van der Waals surface area contributed by atoms with Crippen molar-refractivity contribution in [3.8, 4) is 0 Å². The molecule has 1 saturated heterocycles. The van der Waals surface area contributed by atoms with Gasteiger partial charge in [-0.05, 0) is 62.3 Å². The van der Waals surface area contributed by atoms with Crippen molar-refractivity contribution in [3.05, 3.63) is 34.9 Å². The van der Waals surface area contributed by atoms with Crippen LogP contribution in [0.1, 0.15) is 64.8 Å². The summed E-state index contributed by atoms with van der Waals surface area (Å²) >= 11 is 0. The molecule has 4 amide bonds. The number of nitrogens with two attached hydrogens (primary N) is 1. The molecule has 0 aromatic heterocycles. The number of hydrogen-bond donors (Lipinski definition) is 3. The number of carbonyl (C=O) groups is 4. The zero-order valence-electron chi connectivity index (χ0n) is 16.3. The molecule has 0 spiro atoms. The van der Waals surface area contributed by atoms with Crippen LogP contribution in [0.25, 0.3) is 0 Å². The van der Waals surface area contributed by atoms with Gasteiger partial charge in [0.05, 0.1) is 11.1 Å². The monoisotopic (exact) mass is 398 g/mol. The Hall–Kier alpha value is -2.58. The van der Waals surface area contributed by atoms with Gasteiger partial charge in [0.15, 0.2) is 0 Å². The molecule has 1 saturated carbocycles. The van der Waals surface area contributed by atoms with E-state index < -0.39 is 23.8 Å². The molecule has 154 valence electrons. The van der Waals surface area contributed by atoms with Crippen LogP contribution < -0.4 is 16.4 Å². The summed E-state index contributed by atoms with van der Waals surface area (Å²) in [6.45, 7) is 1.51. The maximum atomic E-state index is 12.8. The fraction of sp³-hybridized carbons (Fsp3) is 0.524. The van der Waals surface area contributed by atoms with E-state index in [0.717, 1.165) is 42.7 Å². The number of carbonyl (C=O) groups excluding carboxylic acids is 4. The average molecular weight is 398 g/mol. The Labute approximate surface area is 169 Å². The maximum Gasteiger partial charge on any atom is 0.262 e. The summed E-state index contributed by atoms with van der Waals surface area (Å²) in [7, 11) is 0. The van der Waals surface area contributed by atoms with Crippen LogP contribution in [0.5, 0.6) is 0 Å². The highest BCUT2D eigenvalue weighted by Crippen LogP contribution is 2.28. The SMILES string of the molecule is NC1CCC(CNCc2ccc3c(c2)C(=O)N(C2CCC(=O)NC2=O)C3=O)CC1. The second-order valence-electron chi connectivity index (χ2n) is 8.24. The van der Waals surface area contributed by atoms with Crippen LogP contribution in [0.2, 0.25) is 0 Å². The minimum absolute atomic E-state index is 0.116. The summed E-state index contributed by atoms with van der Waals surface area (Å²) in [5.41, 5.74) is 7.50. The lowest BCUT2D eigenvalue weighted by atomic mass is 9.86. The standard InChI is InChI=1S/C21H26N4O4/c22-14-4-1-12(2-5-14)10-23-11-13-3-6-15-16(9-13)21(29)25(20(15)28)17-7-8-18(26)24-19(17)27/h3,6,9,12,14,17,23H,1-2,4-5,7-8,10-11,22H2,(H,24,26,27). The number of piperidine rings is 1. The third kappa shape index (κ3) is 3.95. The number of hydrogen-bond acceptors (Lipinski definition) is 6. The largest absolute Gasteiger partial charge is 0.328 e. The summed E-state index contributed by atoms with van der Waals surface area (Å²) < 4.78 is 0. The maximum absolute atomic E-state index is 12.8. The lowest BCUT2D eigenvalue weighted by Crippen LogP contribution is -2.54. The molecule has 4 N–H and O–H groups in total. The number of fused-ring (bicyclic) bond motifs is 1. The molecule has 29 heavy (non-hydrogen) atoms. The summed E-state index contributed by atoms with van der Waals surface area (Å²) in [4.78, 5) is 50.0. The molecule has 4 rings (SSSR count). The van der Waals surface area contributed by atoms with Crippen LogP contribution in [0.4, 0.5) is 0 Å². The fourth-order valence-electron chi connectivity index (χ4n) is 4.44. The van der Waals surface area contributed by atoms with Crippen molar-refractivity contribution in [1.82, 2.24) is 15.5 Å². The van der Waals surface area contributed by atoms with E-state index in [-0.39, 0.29) is 18.7 Å². The van der Waals surface area contributed by atoms with E-state index in [1.807, 2.05) is 6.07 Å². The molecule has 2 heterocycles. The highest BCUT2D eigenvalue weighted by atomic mass is 16.2. The smallest absolute Gasteiger partial charge is 0.262 e. The van der Waals surface area contributed by atoms with E-state index in [4.69, 9.17) is 5.73 Å². The lowest BCUT2D eigenvalue weighted by Gasteiger charge is -2.27. The van der Waals surface area contributed by atoms with Gasteiger partial charge in [-0.25, -0.2) is 0 Å². The predicted octanol–water partition coefficient (Wildman–Crippen LogP) is 0.695. The quantitative estimate of drug-likeness (QED) is 0.628. The van der Waals surface area contributed by atoms with Gasteiger partial charge in [0.2, 0.25) is 11.8 Å². The Morgan fingerprint density at radius 1 is 1.00 bits per heavy atom. The first-order valence-corrected chi connectivity index (χ1v) is 10.2. The molecule has 1 aromatic rings. The molecular formula is C21H26N4O4. The molecule has 0 radical (unpaired) electrons. The molecule has 1 atom stereocenters. The summed E-state index contributed by atoms with van der Waals surface area (Å²) in [5.74, 6) is -1.29. The molecule has 1 unspecified atom stereocenters. The van der Waals surface area contributed by atoms with Gasteiger partial charge in [0.1, 0.15) is 6.04 Å². The average Bonchev–Trinajstić information content (AvgIpc) is 2.94. The second-order valence-corrected chi connectivity index (χ2v) is 8.24. The lowest BCUT2D eigenvalue weighted by molar-refractivity contribution is -0.136. The van der Waals surface area contributed by atoms with Crippen molar-refractivity contribution in [1.29, 1.82) is 0 Å². The Morgan fingerprint density at radius 2 is 1.72 bits per heavy atom. The van der Waals surface area contributed by atoms with Gasteiger partial charge in [-0.1, -0.05) is 6.07 Å². The highest BCUT2D eigenvalue weighted by molar-refractivity contribution is 6.23. The van der Waals surface area contributed by atoms with Gasteiger partial charge < -0.3 is 11.1 Å². The molecule has 1 aromatic carbocycles. The van der Waals surface area contributed by atoms with Crippen molar-refractivity contribution in [2.75, 3.05) is 6.54 Å². The summed E-state index contributed by atoms with van der Waals surface area (Å²) in [6, 6.07) is 4.61. The van der Waals surface area contributed by atoms with Crippen molar-refractivity contribution >= 4 is 23.6 Å². The topological polar surface area (TPSA) is 122 Å². The zero-order chi connectivity index (χ0) is 20.5. The van der Waals surface area contributed by atoms with E-state index in [9.17, 15) is 19.2 Å². The third-order valence-corrected chi connectivity index (χ3v) is 6.16.